The van der Waals surface area contributed by atoms with Crippen molar-refractivity contribution in [3.8, 4) is 0 Å². The molecule has 1 aliphatic rings. The van der Waals surface area contributed by atoms with Crippen LogP contribution < -0.4 is 0 Å². The van der Waals surface area contributed by atoms with E-state index in [9.17, 15) is 4.79 Å². The van der Waals surface area contributed by atoms with Crippen molar-refractivity contribution in [3.05, 3.63) is 35.4 Å². The van der Waals surface area contributed by atoms with Crippen molar-refractivity contribution < 1.29 is 9.53 Å². The van der Waals surface area contributed by atoms with Crippen LogP contribution in [-0.2, 0) is 21.6 Å². The van der Waals surface area contributed by atoms with E-state index in [0.717, 1.165) is 18.3 Å². The summed E-state index contributed by atoms with van der Waals surface area (Å²) in [6, 6.07) is 8.07. The first-order valence-electron chi connectivity index (χ1n) is 5.39. The average molecular weight is 204 g/mol. The molecular formula is C13H16O2. The summed E-state index contributed by atoms with van der Waals surface area (Å²) in [7, 11) is 0. The summed E-state index contributed by atoms with van der Waals surface area (Å²) >= 11 is 0. The smallest absolute Gasteiger partial charge is 0.156 e. The first kappa shape index (κ1) is 10.4. The molecule has 0 aromatic heterocycles. The van der Waals surface area contributed by atoms with Crippen LogP contribution in [0.4, 0.5) is 0 Å². The molecule has 0 N–H and O–H groups in total. The number of benzene rings is 1. The fourth-order valence-electron chi connectivity index (χ4n) is 2.24. The minimum absolute atomic E-state index is 0.163. The van der Waals surface area contributed by atoms with Gasteiger partial charge in [0.25, 0.3) is 0 Å². The summed E-state index contributed by atoms with van der Waals surface area (Å²) in [5.74, 6) is 0.163. The Morgan fingerprint density at radius 2 is 2.13 bits per heavy atom. The zero-order valence-corrected chi connectivity index (χ0v) is 9.19. The zero-order chi connectivity index (χ0) is 10.9. The highest BCUT2D eigenvalue weighted by Crippen LogP contribution is 2.37. The van der Waals surface area contributed by atoms with Crippen molar-refractivity contribution in [2.24, 2.45) is 5.92 Å². The molecule has 0 amide bonds. The van der Waals surface area contributed by atoms with E-state index in [-0.39, 0.29) is 5.92 Å². The van der Waals surface area contributed by atoms with E-state index in [0.29, 0.717) is 6.61 Å². The van der Waals surface area contributed by atoms with E-state index < -0.39 is 5.60 Å². The molecule has 2 heteroatoms. The van der Waals surface area contributed by atoms with Gasteiger partial charge in [-0.25, -0.2) is 0 Å². The van der Waals surface area contributed by atoms with Crippen molar-refractivity contribution in [2.75, 3.05) is 6.61 Å². The molecule has 1 unspecified atom stereocenters. The predicted octanol–water partition coefficient (Wildman–Crippen LogP) is 2.31. The van der Waals surface area contributed by atoms with Crippen molar-refractivity contribution in [2.45, 2.75) is 25.9 Å². The monoisotopic (exact) mass is 204 g/mol. The van der Waals surface area contributed by atoms with Crippen molar-refractivity contribution in [1.82, 2.24) is 0 Å². The summed E-state index contributed by atoms with van der Waals surface area (Å²) < 4.78 is 5.73. The van der Waals surface area contributed by atoms with Crippen LogP contribution >= 0.6 is 0 Å². The molecule has 0 bridgehead atoms. The van der Waals surface area contributed by atoms with E-state index in [2.05, 4.69) is 6.07 Å². The fourth-order valence-corrected chi connectivity index (χ4v) is 2.24. The Morgan fingerprint density at radius 3 is 2.80 bits per heavy atom. The predicted molar refractivity (Wildman–Crippen MR) is 58.7 cm³/mol. The quantitative estimate of drug-likeness (QED) is 0.691. The largest absolute Gasteiger partial charge is 0.362 e. The van der Waals surface area contributed by atoms with Gasteiger partial charge in [0.1, 0.15) is 0 Å². The van der Waals surface area contributed by atoms with E-state index in [4.69, 9.17) is 4.74 Å². The molecule has 1 aromatic rings. The topological polar surface area (TPSA) is 26.3 Å². The van der Waals surface area contributed by atoms with Crippen LogP contribution in [-0.4, -0.2) is 12.9 Å². The second kappa shape index (κ2) is 3.78. The van der Waals surface area contributed by atoms with Gasteiger partial charge >= 0.3 is 0 Å². The van der Waals surface area contributed by atoms with Crippen molar-refractivity contribution in [1.29, 1.82) is 0 Å². The third-order valence-electron chi connectivity index (χ3n) is 3.18. The van der Waals surface area contributed by atoms with Crippen LogP contribution in [0.15, 0.2) is 24.3 Å². The Labute approximate surface area is 90.3 Å². The summed E-state index contributed by atoms with van der Waals surface area (Å²) in [5, 5.41) is 0. The van der Waals surface area contributed by atoms with Gasteiger partial charge in [0.05, 0.1) is 6.61 Å². The first-order chi connectivity index (χ1) is 7.20. The maximum atomic E-state index is 11.4. The molecule has 1 aliphatic heterocycles. The summed E-state index contributed by atoms with van der Waals surface area (Å²) in [5.41, 5.74) is 1.56. The Hall–Kier alpha value is -1.15. The van der Waals surface area contributed by atoms with E-state index in [1.165, 1.54) is 5.56 Å². The van der Waals surface area contributed by atoms with Crippen LogP contribution in [0.25, 0.3) is 0 Å². The number of hydrogen-bond acceptors (Lipinski definition) is 2. The lowest BCUT2D eigenvalue weighted by molar-refractivity contribution is -0.142. The summed E-state index contributed by atoms with van der Waals surface area (Å²) in [6.07, 6.45) is 1.86. The lowest BCUT2D eigenvalue weighted by Gasteiger charge is -2.37. The molecule has 2 rings (SSSR count). The fraction of sp³-hybridized carbons (Fsp3) is 0.462. The number of ether oxygens (including phenoxy) is 1. The molecule has 15 heavy (non-hydrogen) atoms. The highest BCUT2D eigenvalue weighted by Gasteiger charge is 2.40. The van der Waals surface area contributed by atoms with Crippen LogP contribution in [0, 0.1) is 5.92 Å². The molecule has 0 radical (unpaired) electrons. The van der Waals surface area contributed by atoms with Gasteiger partial charge in [-0.3, -0.25) is 4.79 Å². The first-order valence-corrected chi connectivity index (χ1v) is 5.39. The Bertz CT molecular complexity index is 371. The van der Waals surface area contributed by atoms with Crippen LogP contribution in [0.2, 0.25) is 0 Å². The molecular weight excluding hydrogens is 188 g/mol. The number of aldehydes is 1. The molecule has 2 nitrogen and oxygen atoms in total. The molecule has 0 saturated carbocycles. The Kier molecular flexibility index (Phi) is 2.61. The number of carbonyl (C=O) groups is 1. The normalized spacial score (nSPS) is 25.0. The Balaban J connectivity index is 2.57. The van der Waals surface area contributed by atoms with Gasteiger partial charge in [0, 0.05) is 0 Å². The van der Waals surface area contributed by atoms with E-state index in [1.54, 1.807) is 0 Å². The van der Waals surface area contributed by atoms with Gasteiger partial charge in [0.15, 0.2) is 11.9 Å². The van der Waals surface area contributed by atoms with Gasteiger partial charge < -0.3 is 4.74 Å². The lowest BCUT2D eigenvalue weighted by atomic mass is 9.79. The van der Waals surface area contributed by atoms with Gasteiger partial charge in [0.2, 0.25) is 0 Å². The van der Waals surface area contributed by atoms with E-state index in [1.807, 2.05) is 32.0 Å². The second-order valence-electron chi connectivity index (χ2n) is 4.32. The van der Waals surface area contributed by atoms with Gasteiger partial charge in [-0.1, -0.05) is 38.1 Å². The third-order valence-corrected chi connectivity index (χ3v) is 3.18. The van der Waals surface area contributed by atoms with E-state index >= 15 is 0 Å². The maximum Gasteiger partial charge on any atom is 0.156 e. The van der Waals surface area contributed by atoms with Gasteiger partial charge in [-0.2, -0.15) is 0 Å². The molecule has 0 spiro atoms. The molecule has 1 aromatic carbocycles. The third kappa shape index (κ3) is 1.49. The SMILES string of the molecule is CC(C)C1(C=O)OCCc2ccccc21. The van der Waals surface area contributed by atoms with Crippen molar-refractivity contribution >= 4 is 6.29 Å². The molecule has 0 aliphatic carbocycles. The lowest BCUT2D eigenvalue weighted by Crippen LogP contribution is -2.41. The summed E-state index contributed by atoms with van der Waals surface area (Å²) in [6.45, 7) is 4.68. The number of rotatable bonds is 2. The molecule has 80 valence electrons. The molecule has 0 saturated heterocycles. The molecule has 1 atom stereocenters. The maximum absolute atomic E-state index is 11.4. The van der Waals surface area contributed by atoms with Gasteiger partial charge in [-0.05, 0) is 23.5 Å². The minimum atomic E-state index is -0.727. The summed E-state index contributed by atoms with van der Waals surface area (Å²) in [4.78, 5) is 11.4. The standard InChI is InChI=1S/C13H16O2/c1-10(2)13(9-14)12-6-4-3-5-11(12)7-8-15-13/h3-6,9-10H,7-8H2,1-2H3. The number of carbonyl (C=O) groups excluding carboxylic acids is 1. The van der Waals surface area contributed by atoms with Crippen molar-refractivity contribution in [3.63, 3.8) is 0 Å². The van der Waals surface area contributed by atoms with Gasteiger partial charge in [-0.15, -0.1) is 0 Å². The minimum Gasteiger partial charge on any atom is -0.362 e. The number of fused-ring (bicyclic) bond motifs is 1. The molecule has 1 heterocycles. The zero-order valence-electron chi connectivity index (χ0n) is 9.19. The van der Waals surface area contributed by atoms with Crippen LogP contribution in [0.1, 0.15) is 25.0 Å². The Morgan fingerprint density at radius 1 is 1.40 bits per heavy atom. The highest BCUT2D eigenvalue weighted by molar-refractivity contribution is 5.68. The molecule has 0 fully saturated rings. The highest BCUT2D eigenvalue weighted by atomic mass is 16.5. The number of hydrogen-bond donors (Lipinski definition) is 0. The second-order valence-corrected chi connectivity index (χ2v) is 4.32. The van der Waals surface area contributed by atoms with Crippen LogP contribution in [0.3, 0.4) is 0 Å². The average Bonchev–Trinajstić information content (AvgIpc) is 2.28. The van der Waals surface area contributed by atoms with Crippen LogP contribution in [0.5, 0.6) is 0 Å².